The van der Waals surface area contributed by atoms with Crippen LogP contribution in [0.4, 0.5) is 0 Å². The Morgan fingerprint density at radius 3 is 2.48 bits per heavy atom. The smallest absolute Gasteiger partial charge is 0.320 e. The van der Waals surface area contributed by atoms with Gasteiger partial charge in [0, 0.05) is 33.5 Å². The topological polar surface area (TPSA) is 86.3 Å². The molecule has 4 atom stereocenters. The Kier molecular flexibility index (Phi) is 5.21. The molecule has 1 aliphatic heterocycles. The highest BCUT2D eigenvalue weighted by Crippen LogP contribution is 2.47. The Hall–Kier alpha value is -0.730. The minimum Gasteiger partial charge on any atom is -0.480 e. The van der Waals surface area contributed by atoms with E-state index in [9.17, 15) is 4.79 Å². The molecule has 0 aromatic rings. The van der Waals surface area contributed by atoms with Gasteiger partial charge in [0.1, 0.15) is 6.04 Å². The maximum atomic E-state index is 11.1. The first kappa shape index (κ1) is 16.6. The second-order valence-electron chi connectivity index (χ2n) is 5.59. The summed E-state index contributed by atoms with van der Waals surface area (Å²) in [4.78, 5) is 11.1. The summed E-state index contributed by atoms with van der Waals surface area (Å²) in [5.41, 5.74) is 0. The van der Waals surface area contributed by atoms with Crippen molar-refractivity contribution in [3.63, 3.8) is 0 Å². The maximum absolute atomic E-state index is 11.1. The lowest BCUT2D eigenvalue weighted by Gasteiger charge is -2.54. The molecular weight excluding hydrogens is 278 g/mol. The van der Waals surface area contributed by atoms with E-state index in [0.29, 0.717) is 25.9 Å². The van der Waals surface area contributed by atoms with Gasteiger partial charge in [0.25, 0.3) is 0 Å². The van der Waals surface area contributed by atoms with Gasteiger partial charge in [-0.25, -0.2) is 0 Å². The van der Waals surface area contributed by atoms with Gasteiger partial charge < -0.3 is 29.4 Å². The van der Waals surface area contributed by atoms with E-state index in [1.807, 2.05) is 0 Å². The van der Waals surface area contributed by atoms with Crippen LogP contribution in [-0.2, 0) is 23.7 Å². The van der Waals surface area contributed by atoms with E-state index in [1.54, 1.807) is 21.3 Å². The van der Waals surface area contributed by atoms with Crippen molar-refractivity contribution >= 4 is 5.97 Å². The molecule has 2 rings (SSSR count). The van der Waals surface area contributed by atoms with Crippen LogP contribution in [0.15, 0.2) is 0 Å². The molecule has 0 bridgehead atoms. The van der Waals surface area contributed by atoms with Crippen LogP contribution < -0.4 is 5.32 Å². The zero-order chi connectivity index (χ0) is 15.5. The molecule has 0 aromatic carbocycles. The van der Waals surface area contributed by atoms with Crippen molar-refractivity contribution < 1.29 is 28.8 Å². The number of likely N-dealkylation sites (N-methyl/N-ethyl adjacent to an activating group) is 1. The lowest BCUT2D eigenvalue weighted by Crippen LogP contribution is -2.67. The number of nitrogens with one attached hydrogen (secondary N) is 1. The molecule has 122 valence electrons. The third-order valence-electron chi connectivity index (χ3n) is 4.51. The average molecular weight is 303 g/mol. The summed E-state index contributed by atoms with van der Waals surface area (Å²) in [5.74, 6) is -2.76. The van der Waals surface area contributed by atoms with Gasteiger partial charge >= 0.3 is 5.97 Å². The van der Waals surface area contributed by atoms with Crippen LogP contribution in [0.1, 0.15) is 32.1 Å². The summed E-state index contributed by atoms with van der Waals surface area (Å²) >= 11 is 0. The highest BCUT2D eigenvalue weighted by Gasteiger charge is 2.60. The number of hydrogen-bond acceptors (Lipinski definition) is 6. The molecule has 4 unspecified atom stereocenters. The number of carboxylic acids is 1. The maximum Gasteiger partial charge on any atom is 0.320 e. The Bertz CT molecular complexity index is 378. The summed E-state index contributed by atoms with van der Waals surface area (Å²) in [7, 11) is 4.79. The van der Waals surface area contributed by atoms with Crippen molar-refractivity contribution in [3.8, 4) is 0 Å². The summed E-state index contributed by atoms with van der Waals surface area (Å²) in [6, 6.07) is -0.675. The predicted octanol–water partition coefficient (Wildman–Crippen LogP) is 0.724. The largest absolute Gasteiger partial charge is 0.480 e. The Morgan fingerprint density at radius 1 is 1.33 bits per heavy atom. The van der Waals surface area contributed by atoms with E-state index in [1.165, 1.54) is 0 Å². The van der Waals surface area contributed by atoms with Crippen LogP contribution in [0.5, 0.6) is 0 Å². The molecule has 7 nitrogen and oxygen atoms in total. The zero-order valence-electron chi connectivity index (χ0n) is 12.9. The third kappa shape index (κ3) is 2.93. The van der Waals surface area contributed by atoms with Gasteiger partial charge in [0.2, 0.25) is 11.6 Å². The summed E-state index contributed by atoms with van der Waals surface area (Å²) in [6.07, 6.45) is 3.30. The number of rotatable bonds is 6. The first-order chi connectivity index (χ1) is 10.0. The molecule has 21 heavy (non-hydrogen) atoms. The van der Waals surface area contributed by atoms with Gasteiger partial charge in [-0.15, -0.1) is 0 Å². The van der Waals surface area contributed by atoms with Gasteiger partial charge in [-0.1, -0.05) is 0 Å². The molecular formula is C14H25NO6. The monoisotopic (exact) mass is 303 g/mol. The highest BCUT2D eigenvalue weighted by molar-refractivity contribution is 5.73. The van der Waals surface area contributed by atoms with E-state index in [2.05, 4.69) is 5.32 Å². The summed E-state index contributed by atoms with van der Waals surface area (Å²) < 4.78 is 23.3. The lowest BCUT2D eigenvalue weighted by molar-refractivity contribution is -0.454. The molecule has 1 aliphatic carbocycles. The second-order valence-corrected chi connectivity index (χ2v) is 5.59. The second kappa shape index (κ2) is 6.58. The van der Waals surface area contributed by atoms with Crippen LogP contribution in [0.2, 0.25) is 0 Å². The summed E-state index contributed by atoms with van der Waals surface area (Å²) in [6.45, 7) is 0.296. The van der Waals surface area contributed by atoms with E-state index >= 15 is 0 Å². The predicted molar refractivity (Wildman–Crippen MR) is 73.9 cm³/mol. The third-order valence-corrected chi connectivity index (χ3v) is 4.51. The van der Waals surface area contributed by atoms with Crippen molar-refractivity contribution in [1.29, 1.82) is 0 Å². The minimum atomic E-state index is -0.959. The van der Waals surface area contributed by atoms with Gasteiger partial charge in [-0.2, -0.15) is 0 Å². The first-order valence-electron chi connectivity index (χ1n) is 7.34. The van der Waals surface area contributed by atoms with E-state index in [-0.39, 0.29) is 6.10 Å². The first-order valence-corrected chi connectivity index (χ1v) is 7.34. The van der Waals surface area contributed by atoms with Crippen molar-refractivity contribution in [1.82, 2.24) is 5.32 Å². The van der Waals surface area contributed by atoms with Crippen molar-refractivity contribution in [2.75, 3.05) is 27.9 Å². The number of fused-ring (bicyclic) bond motifs is 1. The zero-order valence-corrected chi connectivity index (χ0v) is 12.9. The van der Waals surface area contributed by atoms with Gasteiger partial charge in [-0.05, 0) is 19.9 Å². The summed E-state index contributed by atoms with van der Waals surface area (Å²) in [5, 5.41) is 11.9. The van der Waals surface area contributed by atoms with E-state index in [0.717, 1.165) is 12.8 Å². The minimum absolute atomic E-state index is 0.296. The van der Waals surface area contributed by atoms with Gasteiger partial charge in [0.15, 0.2) is 0 Å². The number of aliphatic carboxylic acids is 1. The average Bonchev–Trinajstić information content (AvgIpc) is 2.51. The number of carbonyl (C=O) groups is 1. The molecule has 0 amide bonds. The molecule has 7 heteroatoms. The molecule has 1 saturated carbocycles. The Balaban J connectivity index is 2.13. The van der Waals surface area contributed by atoms with Gasteiger partial charge in [0.05, 0.1) is 12.7 Å². The normalized spacial score (nSPS) is 37.8. The highest BCUT2D eigenvalue weighted by atomic mass is 16.8. The number of ether oxygens (including phenoxy) is 4. The molecule has 1 heterocycles. The standard InChI is InChI=1S/C14H25NO6/c1-15-11(12(16)17)8-10-9-20-13(18-2)6-4-5-7-14(13,19-3)21-10/h10-11,15H,4-9H2,1-3H3,(H,16,17). The molecule has 2 N–H and O–H groups in total. The van der Waals surface area contributed by atoms with Crippen molar-refractivity contribution in [2.24, 2.45) is 0 Å². The number of hydrogen-bond donors (Lipinski definition) is 2. The molecule has 2 aliphatic rings. The van der Waals surface area contributed by atoms with E-state index < -0.39 is 23.6 Å². The van der Waals surface area contributed by atoms with Gasteiger partial charge in [-0.3, -0.25) is 4.79 Å². The Labute approximate surface area is 124 Å². The molecule has 0 spiro atoms. The lowest BCUT2D eigenvalue weighted by atomic mass is 9.86. The fourth-order valence-electron chi connectivity index (χ4n) is 3.30. The van der Waals surface area contributed by atoms with E-state index in [4.69, 9.17) is 24.1 Å². The quantitative estimate of drug-likeness (QED) is 0.748. The van der Waals surface area contributed by atoms with Crippen LogP contribution in [0.25, 0.3) is 0 Å². The molecule has 0 radical (unpaired) electrons. The van der Waals surface area contributed by atoms with Crippen LogP contribution in [0, 0.1) is 0 Å². The van der Waals surface area contributed by atoms with Crippen molar-refractivity contribution in [2.45, 2.75) is 55.8 Å². The van der Waals surface area contributed by atoms with Crippen LogP contribution in [0.3, 0.4) is 0 Å². The Morgan fingerprint density at radius 2 is 1.95 bits per heavy atom. The van der Waals surface area contributed by atoms with Crippen molar-refractivity contribution in [3.05, 3.63) is 0 Å². The fraction of sp³-hybridized carbons (Fsp3) is 0.929. The molecule has 0 aromatic heterocycles. The number of carboxylic acid groups (broad SMARTS) is 1. The number of methoxy groups -OCH3 is 2. The van der Waals surface area contributed by atoms with Crippen LogP contribution >= 0.6 is 0 Å². The molecule has 1 saturated heterocycles. The van der Waals surface area contributed by atoms with Crippen LogP contribution in [-0.4, -0.2) is 62.7 Å². The SMILES string of the molecule is CNC(CC1COC2(OC)CCCCC2(OC)O1)C(=O)O. The fourth-order valence-corrected chi connectivity index (χ4v) is 3.30. The molecule has 2 fully saturated rings.